The number of carbonyl (C=O) groups excluding carboxylic acids is 1. The Morgan fingerprint density at radius 1 is 1.07 bits per heavy atom. The Morgan fingerprint density at radius 3 is 2.44 bits per heavy atom. The maximum absolute atomic E-state index is 12.4. The first-order chi connectivity index (χ1) is 13.3. The Labute approximate surface area is 157 Å². The zero-order chi connectivity index (χ0) is 18.5. The summed E-state index contributed by atoms with van der Waals surface area (Å²) >= 11 is 0. The second-order valence-electron chi connectivity index (χ2n) is 6.44. The van der Waals surface area contributed by atoms with E-state index in [2.05, 4.69) is 25.4 Å². The standard InChI is InChI=1S/C19H22N6O2/c26-19(14-25-22-15-5-1-2-6-16(15)23-25)21-13-18(17-7-3-4-8-20-17)24-9-11-27-12-10-24/h1-8,18H,9-14H2,(H,21,26)/t18-/m0/s1. The third kappa shape index (κ3) is 4.29. The van der Waals surface area contributed by atoms with Crippen molar-refractivity contribution >= 4 is 16.9 Å². The summed E-state index contributed by atoms with van der Waals surface area (Å²) in [4.78, 5) is 20.6. The van der Waals surface area contributed by atoms with Crippen LogP contribution in [0.5, 0.6) is 0 Å². The van der Waals surface area contributed by atoms with Crippen molar-refractivity contribution in [3.05, 3.63) is 54.4 Å². The molecule has 8 nitrogen and oxygen atoms in total. The fourth-order valence-electron chi connectivity index (χ4n) is 3.25. The van der Waals surface area contributed by atoms with Gasteiger partial charge in [0, 0.05) is 25.8 Å². The minimum atomic E-state index is -0.121. The molecular weight excluding hydrogens is 344 g/mol. The smallest absolute Gasteiger partial charge is 0.243 e. The molecule has 4 rings (SSSR count). The third-order valence-corrected chi connectivity index (χ3v) is 4.62. The lowest BCUT2D eigenvalue weighted by molar-refractivity contribution is -0.122. The molecule has 0 saturated carbocycles. The van der Waals surface area contributed by atoms with Crippen molar-refractivity contribution in [1.29, 1.82) is 0 Å². The number of ether oxygens (including phenoxy) is 1. The number of hydrogen-bond acceptors (Lipinski definition) is 6. The lowest BCUT2D eigenvalue weighted by Crippen LogP contribution is -2.44. The van der Waals surface area contributed by atoms with E-state index in [0.717, 1.165) is 29.8 Å². The first-order valence-corrected chi connectivity index (χ1v) is 9.09. The summed E-state index contributed by atoms with van der Waals surface area (Å²) in [6.07, 6.45) is 1.78. The topological polar surface area (TPSA) is 85.2 Å². The van der Waals surface area contributed by atoms with Crippen molar-refractivity contribution in [2.75, 3.05) is 32.8 Å². The van der Waals surface area contributed by atoms with Gasteiger partial charge >= 0.3 is 0 Å². The first-order valence-electron chi connectivity index (χ1n) is 9.09. The Morgan fingerprint density at radius 2 is 1.78 bits per heavy atom. The van der Waals surface area contributed by atoms with Crippen LogP contribution in [0.2, 0.25) is 0 Å². The van der Waals surface area contributed by atoms with Crippen molar-refractivity contribution < 1.29 is 9.53 Å². The zero-order valence-corrected chi connectivity index (χ0v) is 15.0. The number of rotatable bonds is 6. The molecule has 0 unspecified atom stereocenters. The van der Waals surface area contributed by atoms with E-state index >= 15 is 0 Å². The Balaban J connectivity index is 1.41. The molecule has 1 aromatic carbocycles. The number of carbonyl (C=O) groups is 1. The summed E-state index contributed by atoms with van der Waals surface area (Å²) in [6.45, 7) is 3.61. The lowest BCUT2D eigenvalue weighted by Gasteiger charge is -2.34. The quantitative estimate of drug-likeness (QED) is 0.701. The molecule has 1 aliphatic rings. The Bertz CT molecular complexity index is 858. The van der Waals surface area contributed by atoms with Gasteiger partial charge in [-0.15, -0.1) is 0 Å². The van der Waals surface area contributed by atoms with E-state index in [1.807, 2.05) is 42.5 Å². The number of amides is 1. The van der Waals surface area contributed by atoms with Gasteiger partial charge in [0.2, 0.25) is 5.91 Å². The van der Waals surface area contributed by atoms with Gasteiger partial charge in [0.05, 0.1) is 24.9 Å². The van der Waals surface area contributed by atoms with Gasteiger partial charge in [-0.25, -0.2) is 0 Å². The number of aromatic nitrogens is 4. The molecule has 1 saturated heterocycles. The highest BCUT2D eigenvalue weighted by molar-refractivity contribution is 5.77. The van der Waals surface area contributed by atoms with E-state index in [9.17, 15) is 4.79 Å². The number of pyridine rings is 1. The summed E-state index contributed by atoms with van der Waals surface area (Å²) in [5.41, 5.74) is 2.51. The molecule has 2 aromatic heterocycles. The van der Waals surface area contributed by atoms with Gasteiger partial charge in [0.25, 0.3) is 0 Å². The minimum Gasteiger partial charge on any atom is -0.379 e. The number of fused-ring (bicyclic) bond motifs is 1. The van der Waals surface area contributed by atoms with E-state index in [4.69, 9.17) is 4.74 Å². The molecule has 0 bridgehead atoms. The summed E-state index contributed by atoms with van der Waals surface area (Å²) in [5, 5.41) is 11.7. The van der Waals surface area contributed by atoms with Crippen LogP contribution in [0.3, 0.4) is 0 Å². The summed E-state index contributed by atoms with van der Waals surface area (Å²) in [5.74, 6) is -0.121. The summed E-state index contributed by atoms with van der Waals surface area (Å²) < 4.78 is 5.45. The fourth-order valence-corrected chi connectivity index (χ4v) is 3.25. The SMILES string of the molecule is O=C(Cn1nc2ccccc2n1)NC[C@@H](c1ccccn1)N1CCOCC1. The van der Waals surface area contributed by atoms with Crippen molar-refractivity contribution in [1.82, 2.24) is 30.2 Å². The van der Waals surface area contributed by atoms with Gasteiger partial charge in [-0.1, -0.05) is 18.2 Å². The molecule has 1 N–H and O–H groups in total. The summed E-state index contributed by atoms with van der Waals surface area (Å²) in [6, 6.07) is 13.4. The monoisotopic (exact) mass is 366 g/mol. The van der Waals surface area contributed by atoms with Crippen molar-refractivity contribution in [2.24, 2.45) is 0 Å². The number of morpholine rings is 1. The van der Waals surface area contributed by atoms with E-state index in [-0.39, 0.29) is 18.5 Å². The Kier molecular flexibility index (Phi) is 5.36. The van der Waals surface area contributed by atoms with E-state index < -0.39 is 0 Å². The molecule has 27 heavy (non-hydrogen) atoms. The second-order valence-corrected chi connectivity index (χ2v) is 6.44. The number of hydrogen-bond donors (Lipinski definition) is 1. The molecule has 8 heteroatoms. The van der Waals surface area contributed by atoms with Gasteiger partial charge in [0.15, 0.2) is 0 Å². The normalized spacial score (nSPS) is 16.3. The molecule has 1 fully saturated rings. The van der Waals surface area contributed by atoms with Crippen LogP contribution >= 0.6 is 0 Å². The van der Waals surface area contributed by atoms with Gasteiger partial charge < -0.3 is 10.1 Å². The maximum Gasteiger partial charge on any atom is 0.243 e. The van der Waals surface area contributed by atoms with Gasteiger partial charge in [0.1, 0.15) is 17.6 Å². The molecule has 0 radical (unpaired) electrons. The van der Waals surface area contributed by atoms with Crippen LogP contribution in [-0.4, -0.2) is 63.6 Å². The van der Waals surface area contributed by atoms with Crippen LogP contribution in [0.4, 0.5) is 0 Å². The predicted octanol–water partition coefficient (Wildman–Crippen LogP) is 1.02. The van der Waals surface area contributed by atoms with Crippen LogP contribution in [-0.2, 0) is 16.1 Å². The number of benzene rings is 1. The highest BCUT2D eigenvalue weighted by Crippen LogP contribution is 2.19. The van der Waals surface area contributed by atoms with E-state index in [1.165, 1.54) is 4.80 Å². The van der Waals surface area contributed by atoms with E-state index in [0.29, 0.717) is 19.8 Å². The second kappa shape index (κ2) is 8.24. The van der Waals surface area contributed by atoms with Gasteiger partial charge in [-0.2, -0.15) is 15.0 Å². The molecule has 0 aliphatic carbocycles. The summed E-state index contributed by atoms with van der Waals surface area (Å²) in [7, 11) is 0. The molecule has 1 amide bonds. The average Bonchev–Trinajstić information content (AvgIpc) is 3.12. The van der Waals surface area contributed by atoms with Crippen LogP contribution in [0.25, 0.3) is 11.0 Å². The number of nitrogens with zero attached hydrogens (tertiary/aromatic N) is 5. The van der Waals surface area contributed by atoms with Crippen LogP contribution in [0.15, 0.2) is 48.7 Å². The molecule has 1 atom stereocenters. The highest BCUT2D eigenvalue weighted by Gasteiger charge is 2.24. The highest BCUT2D eigenvalue weighted by atomic mass is 16.5. The molecule has 1 aliphatic heterocycles. The Hall–Kier alpha value is -2.84. The predicted molar refractivity (Wildman–Crippen MR) is 99.9 cm³/mol. The zero-order valence-electron chi connectivity index (χ0n) is 15.0. The fraction of sp³-hybridized carbons (Fsp3) is 0.368. The van der Waals surface area contributed by atoms with Crippen LogP contribution < -0.4 is 5.32 Å². The van der Waals surface area contributed by atoms with Crippen molar-refractivity contribution in [3.63, 3.8) is 0 Å². The van der Waals surface area contributed by atoms with E-state index in [1.54, 1.807) is 6.20 Å². The maximum atomic E-state index is 12.4. The van der Waals surface area contributed by atoms with Gasteiger partial charge in [-0.3, -0.25) is 14.7 Å². The van der Waals surface area contributed by atoms with Crippen LogP contribution in [0.1, 0.15) is 11.7 Å². The first kappa shape index (κ1) is 17.6. The van der Waals surface area contributed by atoms with Crippen LogP contribution in [0, 0.1) is 0 Å². The lowest BCUT2D eigenvalue weighted by atomic mass is 10.1. The average molecular weight is 366 g/mol. The molecular formula is C19H22N6O2. The molecule has 3 heterocycles. The molecule has 140 valence electrons. The van der Waals surface area contributed by atoms with Gasteiger partial charge in [-0.05, 0) is 24.3 Å². The van der Waals surface area contributed by atoms with Crippen molar-refractivity contribution in [2.45, 2.75) is 12.6 Å². The largest absolute Gasteiger partial charge is 0.379 e. The minimum absolute atomic E-state index is 0.0173. The third-order valence-electron chi connectivity index (χ3n) is 4.62. The molecule has 0 spiro atoms. The van der Waals surface area contributed by atoms with Crippen molar-refractivity contribution in [3.8, 4) is 0 Å². The molecule has 3 aromatic rings. The number of nitrogens with one attached hydrogen (secondary N) is 1.